The minimum absolute atomic E-state index is 0.0599. The molecule has 0 spiro atoms. The van der Waals surface area contributed by atoms with E-state index in [0.29, 0.717) is 6.54 Å². The predicted molar refractivity (Wildman–Crippen MR) is 97.8 cm³/mol. The Morgan fingerprint density at radius 2 is 2.13 bits per heavy atom. The van der Waals surface area contributed by atoms with Crippen LogP contribution in [0.1, 0.15) is 45.6 Å². The third-order valence-electron chi connectivity index (χ3n) is 3.70. The maximum absolute atomic E-state index is 12.2. The smallest absolute Gasteiger partial charge is 0.317 e. The number of carbonyl (C=O) groups is 1. The van der Waals surface area contributed by atoms with E-state index >= 15 is 0 Å². The molecule has 0 saturated heterocycles. The molecule has 2 N–H and O–H groups in total. The topological polar surface area (TPSA) is 52.6 Å². The van der Waals surface area contributed by atoms with Crippen molar-refractivity contribution in [1.29, 1.82) is 0 Å². The van der Waals surface area contributed by atoms with Crippen molar-refractivity contribution in [2.24, 2.45) is 0 Å². The summed E-state index contributed by atoms with van der Waals surface area (Å²) >= 11 is 1.70. The highest BCUT2D eigenvalue weighted by Crippen LogP contribution is 2.17. The second-order valence-corrected chi connectivity index (χ2v) is 7.64. The number of benzene rings is 1. The summed E-state index contributed by atoms with van der Waals surface area (Å²) in [7, 11) is 1.81. The van der Waals surface area contributed by atoms with E-state index in [2.05, 4.69) is 17.4 Å². The number of aliphatic hydroxyl groups is 1. The lowest BCUT2D eigenvalue weighted by Crippen LogP contribution is -2.41. The zero-order valence-corrected chi connectivity index (χ0v) is 15.7. The van der Waals surface area contributed by atoms with Crippen LogP contribution in [0.5, 0.6) is 0 Å². The van der Waals surface area contributed by atoms with E-state index in [9.17, 15) is 9.90 Å². The molecule has 0 bridgehead atoms. The van der Waals surface area contributed by atoms with Crippen molar-refractivity contribution in [3.63, 3.8) is 0 Å². The van der Waals surface area contributed by atoms with Crippen LogP contribution in [-0.4, -0.2) is 41.0 Å². The summed E-state index contributed by atoms with van der Waals surface area (Å²) in [5.41, 5.74) is 0.493. The van der Waals surface area contributed by atoms with Crippen LogP contribution in [0.3, 0.4) is 0 Å². The minimum atomic E-state index is -0.636. The number of nitrogens with one attached hydrogen (secondary N) is 1. The second-order valence-electron chi connectivity index (χ2n) is 6.76. The molecule has 130 valence electrons. The maximum atomic E-state index is 12.2. The first-order valence-electron chi connectivity index (χ1n) is 8.08. The number of hydrogen-bond donors (Lipinski definition) is 2. The maximum Gasteiger partial charge on any atom is 0.317 e. The third kappa shape index (κ3) is 8.28. The molecule has 0 aliphatic heterocycles. The van der Waals surface area contributed by atoms with E-state index in [1.807, 2.05) is 46.2 Å². The number of amides is 2. The van der Waals surface area contributed by atoms with Crippen molar-refractivity contribution in [1.82, 2.24) is 10.2 Å². The lowest BCUT2D eigenvalue weighted by molar-refractivity contribution is 0.0676. The monoisotopic (exact) mass is 338 g/mol. The Morgan fingerprint density at radius 1 is 1.43 bits per heavy atom. The normalized spacial score (nSPS) is 12.8. The molecule has 0 aliphatic carbocycles. The molecule has 0 unspecified atom stereocenters. The Hall–Kier alpha value is -1.20. The number of nitrogens with zero attached hydrogens (tertiary/aromatic N) is 1. The van der Waals surface area contributed by atoms with Crippen molar-refractivity contribution in [2.75, 3.05) is 13.3 Å². The summed E-state index contributed by atoms with van der Waals surface area (Å²) in [4.78, 5) is 15.1. The van der Waals surface area contributed by atoms with Gasteiger partial charge in [-0.1, -0.05) is 12.1 Å². The SMILES string of the molecule is CSc1cccc(CN(C)C(=O)N[C@@H](C)CCCC(C)(C)O)c1. The number of carbonyl (C=O) groups excluding carboxylic acids is 1. The molecule has 0 heterocycles. The average molecular weight is 339 g/mol. The standard InChI is InChI=1S/C18H30N2O2S/c1-14(8-7-11-18(2,3)22)19-17(21)20(4)13-15-9-6-10-16(12-15)23-5/h6,9-10,12,14,22H,7-8,11,13H2,1-5H3,(H,19,21)/t14-/m0/s1. The Balaban J connectivity index is 2.40. The van der Waals surface area contributed by atoms with E-state index in [-0.39, 0.29) is 12.1 Å². The average Bonchev–Trinajstić information content (AvgIpc) is 2.45. The van der Waals surface area contributed by atoms with Gasteiger partial charge in [0.15, 0.2) is 0 Å². The fraction of sp³-hybridized carbons (Fsp3) is 0.611. The predicted octanol–water partition coefficient (Wildman–Crippen LogP) is 3.88. The van der Waals surface area contributed by atoms with Crippen LogP contribution in [0.4, 0.5) is 4.79 Å². The van der Waals surface area contributed by atoms with E-state index in [4.69, 9.17) is 0 Å². The molecule has 0 radical (unpaired) electrons. The summed E-state index contributed by atoms with van der Waals surface area (Å²) in [6, 6.07) is 8.28. The third-order valence-corrected chi connectivity index (χ3v) is 4.42. The summed E-state index contributed by atoms with van der Waals surface area (Å²) in [5.74, 6) is 0. The van der Waals surface area contributed by atoms with Gasteiger partial charge in [-0.3, -0.25) is 0 Å². The highest BCUT2D eigenvalue weighted by Gasteiger charge is 2.15. The van der Waals surface area contributed by atoms with Crippen LogP contribution >= 0.6 is 11.8 Å². The molecule has 0 aromatic heterocycles. The van der Waals surface area contributed by atoms with Crippen molar-refractivity contribution >= 4 is 17.8 Å². The van der Waals surface area contributed by atoms with Crippen LogP contribution in [0.2, 0.25) is 0 Å². The second kappa shape index (κ2) is 9.18. The van der Waals surface area contributed by atoms with Crippen molar-refractivity contribution in [2.45, 2.75) is 63.1 Å². The lowest BCUT2D eigenvalue weighted by Gasteiger charge is -2.23. The number of urea groups is 1. The zero-order valence-electron chi connectivity index (χ0n) is 14.9. The van der Waals surface area contributed by atoms with Crippen molar-refractivity contribution in [3.8, 4) is 0 Å². The summed E-state index contributed by atoms with van der Waals surface area (Å²) in [6.45, 7) is 6.22. The van der Waals surface area contributed by atoms with Crippen LogP contribution < -0.4 is 5.32 Å². The van der Waals surface area contributed by atoms with E-state index in [0.717, 1.165) is 24.8 Å². The molecule has 4 nitrogen and oxygen atoms in total. The van der Waals surface area contributed by atoms with Gasteiger partial charge in [0.25, 0.3) is 0 Å². The first-order chi connectivity index (χ1) is 10.7. The summed E-state index contributed by atoms with van der Waals surface area (Å²) in [6.07, 6.45) is 4.55. The summed E-state index contributed by atoms with van der Waals surface area (Å²) < 4.78 is 0. The van der Waals surface area contributed by atoms with Crippen molar-refractivity contribution in [3.05, 3.63) is 29.8 Å². The Morgan fingerprint density at radius 3 is 2.74 bits per heavy atom. The molecule has 0 aliphatic rings. The molecule has 1 aromatic rings. The highest BCUT2D eigenvalue weighted by atomic mass is 32.2. The van der Waals surface area contributed by atoms with Crippen LogP contribution in [-0.2, 0) is 6.54 Å². The number of rotatable bonds is 8. The molecule has 1 aromatic carbocycles. The Labute approximate surface area is 144 Å². The van der Waals surface area contributed by atoms with E-state index in [1.165, 1.54) is 4.90 Å². The fourth-order valence-corrected chi connectivity index (χ4v) is 2.83. The molecule has 0 fully saturated rings. The first-order valence-corrected chi connectivity index (χ1v) is 9.30. The number of thioether (sulfide) groups is 1. The molecular weight excluding hydrogens is 308 g/mol. The largest absolute Gasteiger partial charge is 0.390 e. The number of hydrogen-bond acceptors (Lipinski definition) is 3. The first kappa shape index (κ1) is 19.8. The van der Waals surface area contributed by atoms with Gasteiger partial charge in [-0.2, -0.15) is 0 Å². The van der Waals surface area contributed by atoms with Crippen LogP contribution in [0, 0.1) is 0 Å². The van der Waals surface area contributed by atoms with Gasteiger partial charge in [0, 0.05) is 24.5 Å². The van der Waals surface area contributed by atoms with E-state index in [1.54, 1.807) is 16.7 Å². The van der Waals surface area contributed by atoms with Gasteiger partial charge in [-0.05, 0) is 64.0 Å². The molecule has 2 amide bonds. The zero-order chi connectivity index (χ0) is 17.5. The van der Waals surface area contributed by atoms with Crippen LogP contribution in [0.15, 0.2) is 29.2 Å². The quantitative estimate of drug-likeness (QED) is 0.707. The van der Waals surface area contributed by atoms with E-state index < -0.39 is 5.60 Å². The lowest BCUT2D eigenvalue weighted by atomic mass is 10.00. The molecule has 23 heavy (non-hydrogen) atoms. The molecule has 5 heteroatoms. The van der Waals surface area contributed by atoms with Crippen LogP contribution in [0.25, 0.3) is 0 Å². The fourth-order valence-electron chi connectivity index (χ4n) is 2.35. The van der Waals surface area contributed by atoms with Gasteiger partial charge in [-0.25, -0.2) is 4.79 Å². The van der Waals surface area contributed by atoms with Gasteiger partial charge < -0.3 is 15.3 Å². The highest BCUT2D eigenvalue weighted by molar-refractivity contribution is 7.98. The summed E-state index contributed by atoms with van der Waals surface area (Å²) in [5, 5.41) is 12.7. The van der Waals surface area contributed by atoms with Gasteiger partial charge in [0.2, 0.25) is 0 Å². The molecule has 0 saturated carbocycles. The molecule has 1 rings (SSSR count). The van der Waals surface area contributed by atoms with Gasteiger partial charge in [-0.15, -0.1) is 11.8 Å². The van der Waals surface area contributed by atoms with Gasteiger partial charge >= 0.3 is 6.03 Å². The van der Waals surface area contributed by atoms with Gasteiger partial charge in [0.05, 0.1) is 5.60 Å². The Bertz CT molecular complexity index is 500. The van der Waals surface area contributed by atoms with Gasteiger partial charge in [0.1, 0.15) is 0 Å². The van der Waals surface area contributed by atoms with Crippen molar-refractivity contribution < 1.29 is 9.90 Å². The molecular formula is C18H30N2O2S. The minimum Gasteiger partial charge on any atom is -0.390 e. The Kier molecular flexibility index (Phi) is 7.92. The molecule has 1 atom stereocenters.